The van der Waals surface area contributed by atoms with Crippen LogP contribution in [-0.4, -0.2) is 61.1 Å². The highest BCUT2D eigenvalue weighted by Crippen LogP contribution is 2.40. The quantitative estimate of drug-likeness (QED) is 0.140. The Kier molecular flexibility index (Phi) is 10.4. The highest BCUT2D eigenvalue weighted by Gasteiger charge is 2.41. The van der Waals surface area contributed by atoms with E-state index in [2.05, 4.69) is 20.8 Å². The second-order valence-electron chi connectivity index (χ2n) is 12.0. The summed E-state index contributed by atoms with van der Waals surface area (Å²) in [5, 5.41) is 24.9. The smallest absolute Gasteiger partial charge is 0.408 e. The predicted molar refractivity (Wildman–Crippen MR) is 185 cm³/mol. The Hall–Kier alpha value is -5.41. The molecular weight excluding hydrogens is 673 g/mol. The van der Waals surface area contributed by atoms with Crippen molar-refractivity contribution in [2.24, 2.45) is 0 Å². The van der Waals surface area contributed by atoms with Crippen LogP contribution in [0, 0.1) is 0 Å². The van der Waals surface area contributed by atoms with E-state index in [-0.39, 0.29) is 31.8 Å². The zero-order valence-electron chi connectivity index (χ0n) is 27.3. The Balaban J connectivity index is 1.07. The number of hydrogen-bond acceptors (Lipinski definition) is 11. The molecule has 3 amide bonds. The first-order chi connectivity index (χ1) is 24.9. The lowest BCUT2D eigenvalue weighted by molar-refractivity contribution is -0.245. The number of nitrogens with zero attached hydrogens (tertiary/aromatic N) is 5. The average molecular weight is 707 g/mol. The topological polar surface area (TPSA) is 158 Å². The molecule has 0 spiro atoms. The van der Waals surface area contributed by atoms with Crippen molar-refractivity contribution >= 4 is 35.4 Å². The summed E-state index contributed by atoms with van der Waals surface area (Å²) in [5.41, 5.74) is 4.27. The minimum atomic E-state index is -1.06. The number of nitrogens with one attached hydrogen (secondary N) is 1. The fourth-order valence-corrected chi connectivity index (χ4v) is 6.83. The predicted octanol–water partition coefficient (Wildman–Crippen LogP) is 5.05. The highest BCUT2D eigenvalue weighted by molar-refractivity contribution is 7.99. The number of thioether (sulfide) groups is 1. The summed E-state index contributed by atoms with van der Waals surface area (Å²) in [4.78, 5) is 40.1. The Morgan fingerprint density at radius 1 is 0.882 bits per heavy atom. The van der Waals surface area contributed by atoms with Gasteiger partial charge in [-0.05, 0) is 51.4 Å². The van der Waals surface area contributed by atoms with Gasteiger partial charge in [-0.3, -0.25) is 9.59 Å². The second kappa shape index (κ2) is 15.6. The number of alkyl carbamates (subject to hydrolysis) is 1. The molecule has 0 aliphatic carbocycles. The van der Waals surface area contributed by atoms with Gasteiger partial charge < -0.3 is 24.6 Å². The summed E-state index contributed by atoms with van der Waals surface area (Å²) < 4.78 is 19.9. The minimum Gasteiger partial charge on any atom is -0.445 e. The lowest BCUT2D eigenvalue weighted by atomic mass is 10.0. The van der Waals surface area contributed by atoms with E-state index >= 15 is 0 Å². The first-order valence-electron chi connectivity index (χ1n) is 16.4. The normalized spacial score (nSPS) is 20.4. The number of carbonyl (C=O) groups excluding carboxylic acids is 3. The van der Waals surface area contributed by atoms with Gasteiger partial charge in [0.1, 0.15) is 12.6 Å². The number of aromatic nitrogens is 4. The minimum absolute atomic E-state index is 0.0326. The molecule has 2 saturated heterocycles. The molecule has 2 fully saturated rings. The number of benzene rings is 4. The van der Waals surface area contributed by atoms with E-state index in [1.165, 1.54) is 11.8 Å². The van der Waals surface area contributed by atoms with E-state index in [0.29, 0.717) is 28.6 Å². The maximum Gasteiger partial charge on any atom is 0.408 e. The van der Waals surface area contributed by atoms with Crippen molar-refractivity contribution in [3.63, 3.8) is 0 Å². The van der Waals surface area contributed by atoms with Crippen LogP contribution in [0.15, 0.2) is 114 Å². The van der Waals surface area contributed by atoms with Crippen molar-refractivity contribution in [1.82, 2.24) is 25.5 Å². The van der Waals surface area contributed by atoms with E-state index in [4.69, 9.17) is 14.2 Å². The molecule has 3 heterocycles. The summed E-state index contributed by atoms with van der Waals surface area (Å²) in [7, 11) is 0. The number of aliphatic hydroxyl groups excluding tert-OH is 1. The molecule has 0 saturated carbocycles. The van der Waals surface area contributed by atoms with Crippen LogP contribution >= 0.6 is 11.8 Å². The van der Waals surface area contributed by atoms with Crippen LogP contribution in [-0.2, 0) is 37.0 Å². The second-order valence-corrected chi connectivity index (χ2v) is 13.0. The van der Waals surface area contributed by atoms with Crippen LogP contribution in [0.3, 0.4) is 0 Å². The molecule has 2 N–H and O–H groups in total. The number of tetrazole rings is 1. The first-order valence-corrected chi connectivity index (χ1v) is 17.3. The summed E-state index contributed by atoms with van der Waals surface area (Å²) >= 11 is 1.46. The molecule has 4 aromatic carbocycles. The molecule has 4 atom stereocenters. The van der Waals surface area contributed by atoms with Crippen LogP contribution in [0.25, 0.3) is 5.69 Å². The van der Waals surface area contributed by atoms with E-state index < -0.39 is 30.2 Å². The van der Waals surface area contributed by atoms with Gasteiger partial charge in [0, 0.05) is 17.7 Å². The summed E-state index contributed by atoms with van der Waals surface area (Å²) in [6.07, 6.45) is -1.96. The number of carbonyl (C=O) groups is 3. The molecule has 1 aromatic heterocycles. The van der Waals surface area contributed by atoms with Gasteiger partial charge in [-0.1, -0.05) is 96.7 Å². The Bertz CT molecular complexity index is 1980. The SMILES string of the molecule is O=C(NC1CC(=O)N(c2cccc([C@@H]3O[C@H](CSc4nnnn4-c4ccccc4)C[C@H](c4ccc(CO)cc4)O3)c2)C1=O)OCc1ccccc1. The number of hydrogen-bond donors (Lipinski definition) is 2. The van der Waals surface area contributed by atoms with Crippen molar-refractivity contribution in [1.29, 1.82) is 0 Å². The number of ether oxygens (including phenoxy) is 3. The standard InChI is InChI=1S/C37H34N6O7S/c44-21-24-14-16-26(17-15-24)32-19-30(23-51-36-39-40-41-43(36)28-11-5-2-6-12-28)49-35(50-32)27-10-7-13-29(18-27)42-33(45)20-31(34(42)46)38-37(47)48-22-25-8-3-1-4-9-25/h1-18,30-32,35,44H,19-23H2,(H,38,47)/t30-,31?,32+,35+/m0/s1. The van der Waals surface area contributed by atoms with Gasteiger partial charge in [0.05, 0.1) is 36.6 Å². The van der Waals surface area contributed by atoms with Gasteiger partial charge in [0.25, 0.3) is 5.91 Å². The maximum absolute atomic E-state index is 13.4. The van der Waals surface area contributed by atoms with Crippen molar-refractivity contribution in [3.05, 3.63) is 131 Å². The van der Waals surface area contributed by atoms with Gasteiger partial charge >= 0.3 is 6.09 Å². The molecule has 0 bridgehead atoms. The molecule has 5 aromatic rings. The third-order valence-electron chi connectivity index (χ3n) is 8.51. The molecule has 260 valence electrons. The Morgan fingerprint density at radius 2 is 1.63 bits per heavy atom. The van der Waals surface area contributed by atoms with Gasteiger partial charge in [-0.2, -0.15) is 4.68 Å². The van der Waals surface area contributed by atoms with Crippen LogP contribution in [0.2, 0.25) is 0 Å². The highest BCUT2D eigenvalue weighted by atomic mass is 32.2. The fraction of sp³-hybridized carbons (Fsp3) is 0.243. The van der Waals surface area contributed by atoms with E-state index in [9.17, 15) is 19.5 Å². The number of imide groups is 1. The molecule has 1 unspecified atom stereocenters. The molecular formula is C37H34N6O7S. The lowest BCUT2D eigenvalue weighted by Crippen LogP contribution is -2.42. The van der Waals surface area contributed by atoms with Crippen molar-refractivity contribution in [3.8, 4) is 5.69 Å². The average Bonchev–Trinajstić information content (AvgIpc) is 3.76. The van der Waals surface area contributed by atoms with Crippen molar-refractivity contribution < 1.29 is 33.7 Å². The molecule has 2 aliphatic rings. The van der Waals surface area contributed by atoms with Crippen LogP contribution in [0.4, 0.5) is 10.5 Å². The van der Waals surface area contributed by atoms with Crippen molar-refractivity contribution in [2.75, 3.05) is 10.7 Å². The van der Waals surface area contributed by atoms with Gasteiger partial charge in [0.15, 0.2) is 6.29 Å². The Labute approximate surface area is 297 Å². The largest absolute Gasteiger partial charge is 0.445 e. The molecule has 13 nitrogen and oxygen atoms in total. The van der Waals surface area contributed by atoms with Crippen LogP contribution < -0.4 is 10.2 Å². The lowest BCUT2D eigenvalue weighted by Gasteiger charge is -2.36. The van der Waals surface area contributed by atoms with Crippen molar-refractivity contribution in [2.45, 2.75) is 55.8 Å². The molecule has 14 heteroatoms. The van der Waals surface area contributed by atoms with Gasteiger partial charge in [-0.15, -0.1) is 5.10 Å². The number of anilines is 1. The zero-order chi connectivity index (χ0) is 35.2. The molecule has 51 heavy (non-hydrogen) atoms. The van der Waals surface area contributed by atoms with Crippen LogP contribution in [0.5, 0.6) is 0 Å². The van der Waals surface area contributed by atoms with E-state index in [0.717, 1.165) is 27.3 Å². The van der Waals surface area contributed by atoms with Gasteiger partial charge in [-0.25, -0.2) is 9.69 Å². The third kappa shape index (κ3) is 7.99. The monoisotopic (exact) mass is 706 g/mol. The number of para-hydroxylation sites is 1. The first kappa shape index (κ1) is 34.1. The molecule has 2 aliphatic heterocycles. The zero-order valence-corrected chi connectivity index (χ0v) is 28.1. The molecule has 0 radical (unpaired) electrons. The van der Waals surface area contributed by atoms with Gasteiger partial charge in [0.2, 0.25) is 11.1 Å². The number of rotatable bonds is 11. The van der Waals surface area contributed by atoms with E-state index in [1.807, 2.05) is 91.0 Å². The number of amides is 3. The van der Waals surface area contributed by atoms with Crippen LogP contribution in [0.1, 0.15) is 47.5 Å². The summed E-state index contributed by atoms with van der Waals surface area (Å²) in [6.45, 7) is -0.0380. The summed E-state index contributed by atoms with van der Waals surface area (Å²) in [5.74, 6) is -0.510. The third-order valence-corrected chi connectivity index (χ3v) is 9.56. The van der Waals surface area contributed by atoms with E-state index in [1.54, 1.807) is 22.9 Å². The fourth-order valence-electron chi connectivity index (χ4n) is 5.92. The Morgan fingerprint density at radius 3 is 2.39 bits per heavy atom. The number of aliphatic hydroxyl groups is 1. The molecule has 7 rings (SSSR count). The maximum atomic E-state index is 13.4. The summed E-state index contributed by atoms with van der Waals surface area (Å²) in [6, 6.07) is 32.1.